The van der Waals surface area contributed by atoms with Crippen LogP contribution in [0.5, 0.6) is 0 Å². The first-order valence-electron chi connectivity index (χ1n) is 3.78. The van der Waals surface area contributed by atoms with Crippen molar-refractivity contribution < 1.29 is 35.8 Å². The van der Waals surface area contributed by atoms with Crippen LogP contribution in [-0.2, 0) is 20.2 Å². The lowest BCUT2D eigenvalue weighted by Gasteiger charge is -2.06. The molecule has 0 fully saturated rings. The molecule has 0 aliphatic heterocycles. The predicted octanol–water partition coefficient (Wildman–Crippen LogP) is -0.322. The van der Waals surface area contributed by atoms with Crippen LogP contribution in [0.2, 0.25) is 0 Å². The second kappa shape index (κ2) is 4.07. The highest BCUT2D eigenvalue weighted by atomic mass is 32.2. The normalized spacial score (nSPS) is 12.4. The molecule has 10 heteroatoms. The van der Waals surface area contributed by atoms with Crippen molar-refractivity contribution in [2.75, 3.05) is 0 Å². The van der Waals surface area contributed by atoms with E-state index in [-0.39, 0.29) is 0 Å². The maximum atomic E-state index is 10.9. The first-order valence-corrected chi connectivity index (χ1v) is 6.66. The van der Waals surface area contributed by atoms with E-state index < -0.39 is 41.6 Å². The van der Waals surface area contributed by atoms with Gasteiger partial charge in [0.2, 0.25) is 0 Å². The maximum Gasteiger partial charge on any atom is 0.337 e. The monoisotopic (exact) mass is 281 g/mol. The van der Waals surface area contributed by atoms with E-state index in [2.05, 4.69) is 0 Å². The molecule has 0 amide bonds. The Bertz CT molecular complexity index is 670. The Morgan fingerprint density at radius 1 is 1.12 bits per heavy atom. The molecule has 0 aromatic heterocycles. The van der Waals surface area contributed by atoms with Crippen LogP contribution >= 0.6 is 0 Å². The zero-order valence-corrected chi connectivity index (χ0v) is 9.49. The molecule has 0 saturated carbocycles. The highest BCUT2D eigenvalue weighted by Crippen LogP contribution is 2.24. The Balaban J connectivity index is 3.90. The second-order valence-electron chi connectivity index (χ2n) is 2.80. The van der Waals surface area contributed by atoms with Crippen molar-refractivity contribution in [1.29, 1.82) is 0 Å². The van der Waals surface area contributed by atoms with Gasteiger partial charge in [0.15, 0.2) is 0 Å². The molecular weight excluding hydrogens is 276 g/mol. The average molecular weight is 281 g/mol. The zero-order chi connectivity index (χ0) is 13.4. The molecule has 0 heterocycles. The number of benzene rings is 1. The van der Waals surface area contributed by atoms with Crippen LogP contribution < -0.4 is 0 Å². The van der Waals surface area contributed by atoms with Crippen LogP contribution in [0, 0.1) is 6.07 Å². The molecular formula is C7H5O8S2. The average Bonchev–Trinajstić information content (AvgIpc) is 2.13. The quantitative estimate of drug-likeness (QED) is 0.639. The van der Waals surface area contributed by atoms with Gasteiger partial charge in [-0.05, 0) is 6.07 Å². The Labute approximate surface area is 96.0 Å². The highest BCUT2D eigenvalue weighted by Gasteiger charge is 2.29. The van der Waals surface area contributed by atoms with Gasteiger partial charge in [0, 0.05) is 6.07 Å². The van der Waals surface area contributed by atoms with Gasteiger partial charge >= 0.3 is 5.97 Å². The standard InChI is InChI=1S/C7H5O8S2/c8-7(9)4-2-1-3-5(16(10,11)12)6(4)17(13,14)15/h1-2H,(H,8,9)(H,10,11,12)(H,13,14,15). The summed E-state index contributed by atoms with van der Waals surface area (Å²) >= 11 is 0. The fraction of sp³-hybridized carbons (Fsp3) is 0. The molecule has 0 aliphatic carbocycles. The van der Waals surface area contributed by atoms with Gasteiger partial charge in [-0.15, -0.1) is 0 Å². The van der Waals surface area contributed by atoms with Crippen molar-refractivity contribution in [3.63, 3.8) is 0 Å². The number of hydrogen-bond donors (Lipinski definition) is 3. The van der Waals surface area contributed by atoms with Gasteiger partial charge in [-0.25, -0.2) is 4.79 Å². The first-order chi connectivity index (χ1) is 7.55. The molecule has 0 bridgehead atoms. The van der Waals surface area contributed by atoms with E-state index in [1.807, 2.05) is 6.07 Å². The van der Waals surface area contributed by atoms with Crippen molar-refractivity contribution in [1.82, 2.24) is 0 Å². The molecule has 0 unspecified atom stereocenters. The molecule has 3 N–H and O–H groups in total. The Hall–Kier alpha value is -1.49. The summed E-state index contributed by atoms with van der Waals surface area (Å²) in [6.45, 7) is 0. The molecule has 0 saturated heterocycles. The van der Waals surface area contributed by atoms with Crippen molar-refractivity contribution in [3.8, 4) is 0 Å². The van der Waals surface area contributed by atoms with E-state index in [1.165, 1.54) is 0 Å². The Morgan fingerprint density at radius 2 is 1.65 bits per heavy atom. The number of hydrogen-bond acceptors (Lipinski definition) is 5. The summed E-state index contributed by atoms with van der Waals surface area (Å²) in [5.41, 5.74) is -0.987. The van der Waals surface area contributed by atoms with Gasteiger partial charge in [0.25, 0.3) is 20.2 Å². The van der Waals surface area contributed by atoms with Crippen LogP contribution in [0.1, 0.15) is 10.4 Å². The van der Waals surface area contributed by atoms with Crippen molar-refractivity contribution >= 4 is 26.2 Å². The molecule has 1 radical (unpaired) electrons. The summed E-state index contributed by atoms with van der Waals surface area (Å²) in [5.74, 6) is -1.78. The predicted molar refractivity (Wildman–Crippen MR) is 51.9 cm³/mol. The number of aromatic carboxylic acids is 1. The smallest absolute Gasteiger partial charge is 0.337 e. The third-order valence-corrected chi connectivity index (χ3v) is 3.57. The lowest BCUT2D eigenvalue weighted by Crippen LogP contribution is -2.14. The fourth-order valence-electron chi connectivity index (χ4n) is 1.08. The van der Waals surface area contributed by atoms with Gasteiger partial charge in [-0.2, -0.15) is 16.8 Å². The summed E-state index contributed by atoms with van der Waals surface area (Å²) in [7, 11) is -10.2. The minimum absolute atomic E-state index is 0.722. The summed E-state index contributed by atoms with van der Waals surface area (Å²) in [5, 5.41) is 8.65. The molecule has 0 spiro atoms. The maximum absolute atomic E-state index is 10.9. The Kier molecular flexibility index (Phi) is 3.25. The molecule has 8 nitrogen and oxygen atoms in total. The molecule has 17 heavy (non-hydrogen) atoms. The van der Waals surface area contributed by atoms with Gasteiger partial charge in [-0.3, -0.25) is 9.11 Å². The fourth-order valence-corrected chi connectivity index (χ4v) is 3.00. The van der Waals surface area contributed by atoms with Gasteiger partial charge in [0.1, 0.15) is 9.79 Å². The lowest BCUT2D eigenvalue weighted by molar-refractivity contribution is 0.0691. The van der Waals surface area contributed by atoms with Gasteiger partial charge in [0.05, 0.1) is 5.56 Å². The summed E-state index contributed by atoms with van der Waals surface area (Å²) in [6, 6.07) is 3.35. The van der Waals surface area contributed by atoms with E-state index in [1.54, 1.807) is 0 Å². The number of rotatable bonds is 3. The molecule has 1 aromatic carbocycles. The molecule has 1 rings (SSSR count). The second-order valence-corrected chi connectivity index (χ2v) is 5.52. The lowest BCUT2D eigenvalue weighted by atomic mass is 10.2. The minimum atomic E-state index is -5.14. The first kappa shape index (κ1) is 13.6. The third-order valence-electron chi connectivity index (χ3n) is 1.66. The van der Waals surface area contributed by atoms with Gasteiger partial charge < -0.3 is 5.11 Å². The van der Waals surface area contributed by atoms with Crippen molar-refractivity contribution in [2.45, 2.75) is 9.79 Å². The zero-order valence-electron chi connectivity index (χ0n) is 7.85. The largest absolute Gasteiger partial charge is 0.478 e. The summed E-state index contributed by atoms with van der Waals surface area (Å²) in [4.78, 5) is 7.94. The number of carboxylic acid groups (broad SMARTS) is 1. The van der Waals surface area contributed by atoms with E-state index in [0.717, 1.165) is 12.1 Å². The van der Waals surface area contributed by atoms with Crippen LogP contribution in [0.25, 0.3) is 0 Å². The number of carboxylic acids is 1. The van der Waals surface area contributed by atoms with Crippen LogP contribution in [0.3, 0.4) is 0 Å². The summed E-state index contributed by atoms with van der Waals surface area (Å²) in [6.07, 6.45) is 0. The van der Waals surface area contributed by atoms with Crippen molar-refractivity contribution in [2.24, 2.45) is 0 Å². The molecule has 93 valence electrons. The molecule has 0 aliphatic rings. The van der Waals surface area contributed by atoms with E-state index in [4.69, 9.17) is 14.2 Å². The van der Waals surface area contributed by atoms with Gasteiger partial charge in [-0.1, -0.05) is 6.07 Å². The minimum Gasteiger partial charge on any atom is -0.478 e. The molecule has 0 atom stereocenters. The topological polar surface area (TPSA) is 146 Å². The van der Waals surface area contributed by atoms with E-state index >= 15 is 0 Å². The van der Waals surface area contributed by atoms with Crippen LogP contribution in [-0.4, -0.2) is 37.0 Å². The summed E-state index contributed by atoms with van der Waals surface area (Å²) < 4.78 is 61.0. The van der Waals surface area contributed by atoms with E-state index in [9.17, 15) is 21.6 Å². The molecule has 1 aromatic rings. The van der Waals surface area contributed by atoms with Crippen molar-refractivity contribution in [3.05, 3.63) is 23.8 Å². The Morgan fingerprint density at radius 3 is 2.00 bits per heavy atom. The number of carbonyl (C=O) groups is 1. The van der Waals surface area contributed by atoms with Crippen LogP contribution in [0.15, 0.2) is 21.9 Å². The SMILES string of the molecule is O=C(O)c1cc[c]c(S(=O)(=O)O)c1S(=O)(=O)O. The van der Waals surface area contributed by atoms with Crippen LogP contribution in [0.4, 0.5) is 0 Å². The third kappa shape index (κ3) is 2.79. The van der Waals surface area contributed by atoms with E-state index in [0.29, 0.717) is 0 Å². The highest BCUT2D eigenvalue weighted by molar-refractivity contribution is 7.89.